The van der Waals surface area contributed by atoms with Gasteiger partial charge in [0, 0.05) is 33.9 Å². The number of hydrogen-bond donors (Lipinski definition) is 2. The van der Waals surface area contributed by atoms with Gasteiger partial charge in [0.1, 0.15) is 16.5 Å². The summed E-state index contributed by atoms with van der Waals surface area (Å²) in [6.45, 7) is 5.39. The number of aryl methyl sites for hydroxylation is 2. The molecule has 3 aromatic rings. The van der Waals surface area contributed by atoms with Crippen molar-refractivity contribution in [3.8, 4) is 0 Å². The molecule has 1 aliphatic rings. The zero-order valence-corrected chi connectivity index (χ0v) is 17.7. The highest BCUT2D eigenvalue weighted by Crippen LogP contribution is 2.41. The smallest absolute Gasteiger partial charge is 0.251 e. The van der Waals surface area contributed by atoms with Crippen molar-refractivity contribution in [3.05, 3.63) is 50.6 Å². The monoisotopic (exact) mass is 444 g/mol. The predicted molar refractivity (Wildman–Crippen MR) is 114 cm³/mol. The summed E-state index contributed by atoms with van der Waals surface area (Å²) in [4.78, 5) is 24.1. The van der Waals surface area contributed by atoms with Crippen LogP contribution in [0.5, 0.6) is 0 Å². The van der Waals surface area contributed by atoms with Crippen LogP contribution < -0.4 is 10.6 Å². The fourth-order valence-corrected chi connectivity index (χ4v) is 4.28. The second kappa shape index (κ2) is 7.56. The van der Waals surface area contributed by atoms with Crippen molar-refractivity contribution in [1.29, 1.82) is 0 Å². The van der Waals surface area contributed by atoms with Crippen LogP contribution in [0.3, 0.4) is 0 Å². The number of nitrogens with one attached hydrogen (secondary N) is 2. The lowest BCUT2D eigenvalue weighted by Crippen LogP contribution is -2.29. The van der Waals surface area contributed by atoms with Gasteiger partial charge in [-0.3, -0.25) is 4.79 Å². The molecule has 0 saturated heterocycles. The Bertz CT molecular complexity index is 995. The molecule has 1 amide bonds. The van der Waals surface area contributed by atoms with Crippen molar-refractivity contribution in [3.63, 3.8) is 0 Å². The van der Waals surface area contributed by atoms with Crippen molar-refractivity contribution in [2.75, 3.05) is 18.4 Å². The third-order valence-electron chi connectivity index (χ3n) is 4.80. The number of aromatic nitrogens is 2. The Balaban J connectivity index is 1.44. The van der Waals surface area contributed by atoms with Crippen LogP contribution in [0.15, 0.2) is 28.7 Å². The zero-order chi connectivity index (χ0) is 19.0. The average Bonchev–Trinajstić information content (AvgIpc) is 3.46. The Labute approximate surface area is 170 Å². The molecule has 140 valence electrons. The first-order chi connectivity index (χ1) is 13.0. The van der Waals surface area contributed by atoms with E-state index in [-0.39, 0.29) is 5.91 Å². The minimum Gasteiger partial charge on any atom is -0.368 e. The molecule has 0 atom stereocenters. The first-order valence-corrected chi connectivity index (χ1v) is 10.7. The van der Waals surface area contributed by atoms with Crippen LogP contribution in [0.1, 0.15) is 45.4 Å². The van der Waals surface area contributed by atoms with Crippen molar-refractivity contribution in [2.45, 2.75) is 32.6 Å². The SMILES string of the molecule is Cc1sc2nc(C3CC3)nc(NCCNC(=O)c3ccc(Br)cc3)c2c1C. The van der Waals surface area contributed by atoms with Gasteiger partial charge in [-0.15, -0.1) is 11.3 Å². The highest BCUT2D eigenvalue weighted by molar-refractivity contribution is 9.10. The van der Waals surface area contributed by atoms with Gasteiger partial charge in [0.2, 0.25) is 0 Å². The highest BCUT2D eigenvalue weighted by Gasteiger charge is 2.28. The number of carbonyl (C=O) groups is 1. The summed E-state index contributed by atoms with van der Waals surface area (Å²) in [6, 6.07) is 7.35. The van der Waals surface area contributed by atoms with Crippen molar-refractivity contribution in [2.24, 2.45) is 0 Å². The van der Waals surface area contributed by atoms with Crippen LogP contribution in [0.4, 0.5) is 5.82 Å². The molecule has 2 aromatic heterocycles. The molecule has 0 aliphatic heterocycles. The van der Waals surface area contributed by atoms with E-state index in [0.29, 0.717) is 24.6 Å². The number of nitrogens with zero attached hydrogens (tertiary/aromatic N) is 2. The van der Waals surface area contributed by atoms with Gasteiger partial charge in [0.05, 0.1) is 5.39 Å². The van der Waals surface area contributed by atoms with E-state index < -0.39 is 0 Å². The van der Waals surface area contributed by atoms with E-state index in [9.17, 15) is 4.79 Å². The summed E-state index contributed by atoms with van der Waals surface area (Å²) >= 11 is 5.11. The summed E-state index contributed by atoms with van der Waals surface area (Å²) in [6.07, 6.45) is 2.36. The van der Waals surface area contributed by atoms with E-state index in [1.165, 1.54) is 23.3 Å². The third-order valence-corrected chi connectivity index (χ3v) is 6.43. The summed E-state index contributed by atoms with van der Waals surface area (Å²) in [5, 5.41) is 7.48. The molecule has 1 saturated carbocycles. The first kappa shape index (κ1) is 18.4. The van der Waals surface area contributed by atoms with E-state index in [0.717, 1.165) is 26.3 Å². The number of amides is 1. The first-order valence-electron chi connectivity index (χ1n) is 9.08. The molecular weight excluding hydrogens is 424 g/mol. The number of thiophene rings is 1. The molecule has 4 rings (SSSR count). The number of anilines is 1. The number of halogens is 1. The van der Waals surface area contributed by atoms with Gasteiger partial charge in [-0.05, 0) is 56.5 Å². The van der Waals surface area contributed by atoms with Crippen molar-refractivity contribution in [1.82, 2.24) is 15.3 Å². The maximum absolute atomic E-state index is 12.2. The summed E-state index contributed by atoms with van der Waals surface area (Å²) in [5.41, 5.74) is 1.89. The molecule has 0 radical (unpaired) electrons. The number of fused-ring (bicyclic) bond motifs is 1. The van der Waals surface area contributed by atoms with E-state index >= 15 is 0 Å². The molecule has 0 bridgehead atoms. The van der Waals surface area contributed by atoms with E-state index in [2.05, 4.69) is 40.4 Å². The molecule has 0 unspecified atom stereocenters. The second-order valence-corrected chi connectivity index (χ2v) is 8.98. The Kier molecular flexibility index (Phi) is 5.14. The van der Waals surface area contributed by atoms with Crippen LogP contribution in [0.25, 0.3) is 10.2 Å². The second-order valence-electron chi connectivity index (χ2n) is 6.86. The lowest BCUT2D eigenvalue weighted by atomic mass is 10.2. The average molecular weight is 445 g/mol. The van der Waals surface area contributed by atoms with Gasteiger partial charge in [-0.25, -0.2) is 9.97 Å². The minimum absolute atomic E-state index is 0.0710. The molecule has 7 heteroatoms. The van der Waals surface area contributed by atoms with Crippen LogP contribution in [-0.4, -0.2) is 29.0 Å². The van der Waals surface area contributed by atoms with Gasteiger partial charge >= 0.3 is 0 Å². The number of benzene rings is 1. The third kappa shape index (κ3) is 3.99. The quantitative estimate of drug-likeness (QED) is 0.536. The van der Waals surface area contributed by atoms with E-state index in [1.807, 2.05) is 12.1 Å². The van der Waals surface area contributed by atoms with Gasteiger partial charge < -0.3 is 10.6 Å². The van der Waals surface area contributed by atoms with Crippen molar-refractivity contribution < 1.29 is 4.79 Å². The Morgan fingerprint density at radius 1 is 1.19 bits per heavy atom. The summed E-state index contributed by atoms with van der Waals surface area (Å²) in [5.74, 6) is 2.28. The summed E-state index contributed by atoms with van der Waals surface area (Å²) in [7, 11) is 0. The molecule has 1 fully saturated rings. The molecule has 1 aromatic carbocycles. The molecule has 2 heterocycles. The Hall–Kier alpha value is -1.99. The van der Waals surface area contributed by atoms with Crippen LogP contribution >= 0.6 is 27.3 Å². The lowest BCUT2D eigenvalue weighted by Gasteiger charge is -2.10. The molecule has 27 heavy (non-hydrogen) atoms. The largest absolute Gasteiger partial charge is 0.368 e. The van der Waals surface area contributed by atoms with Crippen LogP contribution in [0.2, 0.25) is 0 Å². The van der Waals surface area contributed by atoms with Gasteiger partial charge in [-0.2, -0.15) is 0 Å². The van der Waals surface area contributed by atoms with Gasteiger partial charge in [-0.1, -0.05) is 15.9 Å². The zero-order valence-electron chi connectivity index (χ0n) is 15.3. The normalized spacial score (nSPS) is 13.7. The fourth-order valence-electron chi connectivity index (χ4n) is 2.98. The van der Waals surface area contributed by atoms with Crippen LogP contribution in [0, 0.1) is 13.8 Å². The topological polar surface area (TPSA) is 66.9 Å². The van der Waals surface area contributed by atoms with Crippen LogP contribution in [-0.2, 0) is 0 Å². The fraction of sp³-hybridized carbons (Fsp3) is 0.350. The lowest BCUT2D eigenvalue weighted by molar-refractivity contribution is 0.0955. The number of rotatable bonds is 6. The molecule has 5 nitrogen and oxygen atoms in total. The minimum atomic E-state index is -0.0710. The Morgan fingerprint density at radius 2 is 1.93 bits per heavy atom. The molecule has 1 aliphatic carbocycles. The van der Waals surface area contributed by atoms with E-state index in [1.54, 1.807) is 23.5 Å². The summed E-state index contributed by atoms with van der Waals surface area (Å²) < 4.78 is 0.960. The van der Waals surface area contributed by atoms with E-state index in [4.69, 9.17) is 9.97 Å². The number of hydrogen-bond acceptors (Lipinski definition) is 5. The van der Waals surface area contributed by atoms with Crippen molar-refractivity contribution >= 4 is 49.2 Å². The molecule has 0 spiro atoms. The highest BCUT2D eigenvalue weighted by atomic mass is 79.9. The standard InChI is InChI=1S/C20H21BrN4OS/c1-11-12(2)27-20-16(11)18(24-17(25-20)13-3-4-13)22-9-10-23-19(26)14-5-7-15(21)8-6-14/h5-8,13H,3-4,9-10H2,1-2H3,(H,23,26)(H,22,24,25). The molecular formula is C20H21BrN4OS. The number of carbonyl (C=O) groups excluding carboxylic acids is 1. The Morgan fingerprint density at radius 3 is 2.63 bits per heavy atom. The van der Waals surface area contributed by atoms with Gasteiger partial charge in [0.15, 0.2) is 0 Å². The van der Waals surface area contributed by atoms with Gasteiger partial charge in [0.25, 0.3) is 5.91 Å². The maximum Gasteiger partial charge on any atom is 0.251 e. The maximum atomic E-state index is 12.2. The predicted octanol–water partition coefficient (Wildman–Crippen LogP) is 4.79. The molecule has 2 N–H and O–H groups in total.